The summed E-state index contributed by atoms with van der Waals surface area (Å²) in [4.78, 5) is 13.3. The van der Waals surface area contributed by atoms with Gasteiger partial charge in [0.2, 0.25) is 0 Å². The van der Waals surface area contributed by atoms with Gasteiger partial charge in [-0.3, -0.25) is 0 Å². The fourth-order valence-corrected chi connectivity index (χ4v) is 3.54. The second-order valence-electron chi connectivity index (χ2n) is 5.86. The van der Waals surface area contributed by atoms with E-state index in [9.17, 15) is 9.18 Å². The molecular formula is C18H21FN2O2S. The topological polar surface area (TPSA) is 50.4 Å². The average Bonchev–Trinajstić information content (AvgIpc) is 3.09. The number of urea groups is 1. The van der Waals surface area contributed by atoms with Crippen LogP contribution in [0.5, 0.6) is 0 Å². The molecule has 1 fully saturated rings. The van der Waals surface area contributed by atoms with E-state index in [1.54, 1.807) is 23.5 Å². The Labute approximate surface area is 145 Å². The number of amides is 2. The van der Waals surface area contributed by atoms with Crippen molar-refractivity contribution >= 4 is 17.4 Å². The fourth-order valence-electron chi connectivity index (χ4n) is 2.83. The number of ether oxygens (including phenoxy) is 1. The number of benzene rings is 1. The number of carbonyl (C=O) groups excluding carboxylic acids is 1. The van der Waals surface area contributed by atoms with E-state index in [-0.39, 0.29) is 24.0 Å². The third-order valence-corrected chi connectivity index (χ3v) is 5.03. The molecule has 0 unspecified atom stereocenters. The molecule has 0 aliphatic carbocycles. The van der Waals surface area contributed by atoms with Gasteiger partial charge in [-0.25, -0.2) is 9.18 Å². The summed E-state index contributed by atoms with van der Waals surface area (Å²) >= 11 is 1.69. The summed E-state index contributed by atoms with van der Waals surface area (Å²) in [6, 6.07) is 10.4. The number of thiophene rings is 1. The molecule has 1 aliphatic heterocycles. The first-order chi connectivity index (χ1) is 11.7. The summed E-state index contributed by atoms with van der Waals surface area (Å²) < 4.78 is 18.8. The van der Waals surface area contributed by atoms with Crippen molar-refractivity contribution in [1.82, 2.24) is 10.6 Å². The number of nitrogens with one attached hydrogen (secondary N) is 2. The quantitative estimate of drug-likeness (QED) is 0.866. The van der Waals surface area contributed by atoms with E-state index < -0.39 is 0 Å². The summed E-state index contributed by atoms with van der Waals surface area (Å²) in [6.07, 6.45) is 2.23. The summed E-state index contributed by atoms with van der Waals surface area (Å²) in [5, 5.41) is 7.94. The van der Waals surface area contributed by atoms with Crippen molar-refractivity contribution in [2.24, 2.45) is 0 Å². The van der Waals surface area contributed by atoms with Gasteiger partial charge in [0.25, 0.3) is 0 Å². The van der Waals surface area contributed by atoms with Crippen molar-refractivity contribution in [3.8, 4) is 0 Å². The zero-order valence-electron chi connectivity index (χ0n) is 13.3. The van der Waals surface area contributed by atoms with Gasteiger partial charge in [-0.2, -0.15) is 0 Å². The predicted molar refractivity (Wildman–Crippen MR) is 92.7 cm³/mol. The van der Waals surface area contributed by atoms with Crippen LogP contribution in [-0.4, -0.2) is 25.2 Å². The molecule has 1 aromatic carbocycles. The van der Waals surface area contributed by atoms with Gasteiger partial charge < -0.3 is 15.4 Å². The molecule has 4 nitrogen and oxygen atoms in total. The summed E-state index contributed by atoms with van der Waals surface area (Å²) in [5.74, 6) is -0.255. The summed E-state index contributed by atoms with van der Waals surface area (Å²) in [7, 11) is 0. The molecule has 0 spiro atoms. The Morgan fingerprint density at radius 3 is 2.88 bits per heavy atom. The van der Waals surface area contributed by atoms with Crippen molar-refractivity contribution in [3.63, 3.8) is 0 Å². The third kappa shape index (κ3) is 4.79. The molecule has 0 radical (unpaired) electrons. The number of hydrogen-bond donors (Lipinski definition) is 2. The van der Waals surface area contributed by atoms with Gasteiger partial charge in [0.15, 0.2) is 0 Å². The maximum absolute atomic E-state index is 13.0. The largest absolute Gasteiger partial charge is 0.373 e. The maximum atomic E-state index is 13.0. The molecular weight excluding hydrogens is 327 g/mol. The molecule has 1 aromatic heterocycles. The Morgan fingerprint density at radius 2 is 2.12 bits per heavy atom. The molecule has 0 saturated carbocycles. The van der Waals surface area contributed by atoms with E-state index in [0.29, 0.717) is 19.6 Å². The van der Waals surface area contributed by atoms with Crippen LogP contribution in [0.2, 0.25) is 0 Å². The van der Waals surface area contributed by atoms with Gasteiger partial charge in [0, 0.05) is 24.1 Å². The molecule has 2 N–H and O–H groups in total. The van der Waals surface area contributed by atoms with Crippen LogP contribution in [-0.2, 0) is 11.2 Å². The van der Waals surface area contributed by atoms with Crippen molar-refractivity contribution in [1.29, 1.82) is 0 Å². The Bertz CT molecular complexity index is 646. The smallest absolute Gasteiger partial charge is 0.315 e. The minimum Gasteiger partial charge on any atom is -0.373 e. The summed E-state index contributed by atoms with van der Waals surface area (Å²) in [5.41, 5.74) is 0.945. The lowest BCUT2D eigenvalue weighted by Gasteiger charge is -2.30. The minimum atomic E-state index is -0.255. The molecule has 24 heavy (non-hydrogen) atoms. The maximum Gasteiger partial charge on any atom is 0.315 e. The molecule has 128 valence electrons. The van der Waals surface area contributed by atoms with Crippen molar-refractivity contribution in [2.75, 3.05) is 13.2 Å². The highest BCUT2D eigenvalue weighted by Gasteiger charge is 2.25. The van der Waals surface area contributed by atoms with Crippen LogP contribution in [0.1, 0.15) is 29.4 Å². The molecule has 2 aromatic rings. The lowest BCUT2D eigenvalue weighted by Crippen LogP contribution is -2.45. The molecule has 3 rings (SSSR count). The number of hydrogen-bond acceptors (Lipinski definition) is 3. The minimum absolute atomic E-state index is 0.0653. The Balaban J connectivity index is 1.44. The first-order valence-electron chi connectivity index (χ1n) is 8.14. The standard InChI is InChI=1S/C18H21FN2O2S/c19-14-5-3-13(4-6-14)17-12-15(8-10-23-17)21-18(22)20-9-7-16-2-1-11-24-16/h1-6,11,15,17H,7-10,12H2,(H2,20,21,22)/t15-,17+/m1/s1. The van der Waals surface area contributed by atoms with Crippen LogP contribution in [0.3, 0.4) is 0 Å². The highest BCUT2D eigenvalue weighted by molar-refractivity contribution is 7.09. The second-order valence-corrected chi connectivity index (χ2v) is 6.89. The SMILES string of the molecule is O=C(NCCc1cccs1)N[C@@H]1CCO[C@H](c2ccc(F)cc2)C1. The first-order valence-corrected chi connectivity index (χ1v) is 9.02. The molecule has 2 heterocycles. The van der Waals surface area contributed by atoms with Gasteiger partial charge in [0.05, 0.1) is 6.10 Å². The highest BCUT2D eigenvalue weighted by atomic mass is 32.1. The molecule has 0 bridgehead atoms. The van der Waals surface area contributed by atoms with Gasteiger partial charge in [0.1, 0.15) is 5.82 Å². The predicted octanol–water partition coefficient (Wildman–Crippen LogP) is 3.65. The van der Waals surface area contributed by atoms with Crippen molar-refractivity contribution < 1.29 is 13.9 Å². The zero-order valence-corrected chi connectivity index (χ0v) is 14.2. The van der Waals surface area contributed by atoms with E-state index in [2.05, 4.69) is 16.7 Å². The van der Waals surface area contributed by atoms with Gasteiger partial charge in [-0.05, 0) is 48.4 Å². The van der Waals surface area contributed by atoms with E-state index in [0.717, 1.165) is 18.4 Å². The normalized spacial score (nSPS) is 20.5. The van der Waals surface area contributed by atoms with Crippen LogP contribution >= 0.6 is 11.3 Å². The molecule has 2 amide bonds. The fraction of sp³-hybridized carbons (Fsp3) is 0.389. The van der Waals surface area contributed by atoms with Gasteiger partial charge in [-0.1, -0.05) is 18.2 Å². The van der Waals surface area contributed by atoms with Crippen LogP contribution in [0.4, 0.5) is 9.18 Å². The van der Waals surface area contributed by atoms with E-state index in [4.69, 9.17) is 4.74 Å². The second kappa shape index (κ2) is 8.26. The average molecular weight is 348 g/mol. The number of carbonyl (C=O) groups is 1. The molecule has 1 aliphatic rings. The monoisotopic (exact) mass is 348 g/mol. The molecule has 1 saturated heterocycles. The highest BCUT2D eigenvalue weighted by Crippen LogP contribution is 2.28. The van der Waals surface area contributed by atoms with Crippen LogP contribution in [0.25, 0.3) is 0 Å². The van der Waals surface area contributed by atoms with Crippen LogP contribution in [0.15, 0.2) is 41.8 Å². The zero-order chi connectivity index (χ0) is 16.8. The first kappa shape index (κ1) is 16.9. The van der Waals surface area contributed by atoms with E-state index in [1.165, 1.54) is 17.0 Å². The Morgan fingerprint density at radius 1 is 1.29 bits per heavy atom. The molecule has 2 atom stereocenters. The van der Waals surface area contributed by atoms with Crippen molar-refractivity contribution in [3.05, 3.63) is 58.0 Å². The third-order valence-electron chi connectivity index (χ3n) is 4.10. The lowest BCUT2D eigenvalue weighted by atomic mass is 9.97. The molecule has 6 heteroatoms. The van der Waals surface area contributed by atoms with E-state index >= 15 is 0 Å². The summed E-state index contributed by atoms with van der Waals surface area (Å²) in [6.45, 7) is 1.21. The van der Waals surface area contributed by atoms with Crippen LogP contribution < -0.4 is 10.6 Å². The Kier molecular flexibility index (Phi) is 5.82. The lowest BCUT2D eigenvalue weighted by molar-refractivity contribution is 0.00224. The number of rotatable bonds is 5. The van der Waals surface area contributed by atoms with Gasteiger partial charge in [-0.15, -0.1) is 11.3 Å². The van der Waals surface area contributed by atoms with E-state index in [1.807, 2.05) is 11.4 Å². The van der Waals surface area contributed by atoms with Crippen molar-refractivity contribution in [2.45, 2.75) is 31.4 Å². The van der Waals surface area contributed by atoms with Crippen LogP contribution in [0, 0.1) is 5.82 Å². The van der Waals surface area contributed by atoms with Gasteiger partial charge >= 0.3 is 6.03 Å². The number of halogens is 1. The Hall–Kier alpha value is -1.92.